The fraction of sp³-hybridized carbons (Fsp3) is 0.167. The lowest BCUT2D eigenvalue weighted by atomic mass is 10.0. The van der Waals surface area contributed by atoms with Crippen molar-refractivity contribution in [1.82, 2.24) is 10.2 Å². The third-order valence-corrected chi connectivity index (χ3v) is 3.60. The van der Waals surface area contributed by atoms with Crippen LogP contribution in [0.5, 0.6) is 0 Å². The molecule has 0 aliphatic heterocycles. The smallest absolute Gasteiger partial charge is 0.322 e. The van der Waals surface area contributed by atoms with Gasteiger partial charge < -0.3 is 4.42 Å². The number of rotatable bonds is 4. The number of hydrogen-bond donors (Lipinski definition) is 1. The zero-order chi connectivity index (χ0) is 17.1. The van der Waals surface area contributed by atoms with E-state index < -0.39 is 5.82 Å². The van der Waals surface area contributed by atoms with Crippen LogP contribution in [0, 0.1) is 19.7 Å². The van der Waals surface area contributed by atoms with Gasteiger partial charge in [-0.05, 0) is 43.2 Å². The van der Waals surface area contributed by atoms with Crippen LogP contribution in [0.4, 0.5) is 10.4 Å². The minimum absolute atomic E-state index is 0.00966. The lowest BCUT2D eigenvalue weighted by Crippen LogP contribution is -2.15. The first-order valence-electron chi connectivity index (χ1n) is 7.47. The lowest BCUT2D eigenvalue weighted by molar-refractivity contribution is -0.115. The van der Waals surface area contributed by atoms with Gasteiger partial charge in [0, 0.05) is 5.56 Å². The van der Waals surface area contributed by atoms with Crippen LogP contribution in [0.15, 0.2) is 46.9 Å². The third kappa shape index (κ3) is 3.65. The zero-order valence-corrected chi connectivity index (χ0v) is 13.3. The summed E-state index contributed by atoms with van der Waals surface area (Å²) in [5, 5.41) is 10.2. The molecule has 0 spiro atoms. The van der Waals surface area contributed by atoms with Gasteiger partial charge in [0.05, 0.1) is 6.42 Å². The van der Waals surface area contributed by atoms with Crippen molar-refractivity contribution in [3.63, 3.8) is 0 Å². The molecule has 0 saturated carbocycles. The number of aryl methyl sites for hydroxylation is 2. The van der Waals surface area contributed by atoms with Crippen LogP contribution in [0.3, 0.4) is 0 Å². The Hall–Kier alpha value is -3.02. The summed E-state index contributed by atoms with van der Waals surface area (Å²) >= 11 is 0. The predicted octanol–water partition coefficient (Wildman–Crippen LogP) is 3.67. The van der Waals surface area contributed by atoms with Gasteiger partial charge >= 0.3 is 6.01 Å². The molecule has 0 bridgehead atoms. The molecule has 0 aliphatic rings. The Morgan fingerprint density at radius 1 is 1.17 bits per heavy atom. The highest BCUT2D eigenvalue weighted by Gasteiger charge is 2.13. The average Bonchev–Trinajstić information content (AvgIpc) is 2.99. The average molecular weight is 325 g/mol. The van der Waals surface area contributed by atoms with Gasteiger partial charge in [-0.15, -0.1) is 5.10 Å². The summed E-state index contributed by atoms with van der Waals surface area (Å²) in [6.45, 7) is 3.93. The van der Waals surface area contributed by atoms with Gasteiger partial charge in [-0.25, -0.2) is 4.39 Å². The number of nitrogens with zero attached hydrogens (tertiary/aromatic N) is 2. The SMILES string of the molecule is Cc1ccc(C)c(CC(=O)Nc2nnc(-c3cccc(F)c3)o2)c1. The van der Waals surface area contributed by atoms with Crippen molar-refractivity contribution in [2.75, 3.05) is 5.32 Å². The molecule has 0 radical (unpaired) electrons. The third-order valence-electron chi connectivity index (χ3n) is 3.60. The first-order chi connectivity index (χ1) is 11.5. The molecule has 122 valence electrons. The maximum absolute atomic E-state index is 13.2. The first-order valence-corrected chi connectivity index (χ1v) is 7.47. The molecule has 0 saturated heterocycles. The molecule has 1 amide bonds. The monoisotopic (exact) mass is 325 g/mol. The van der Waals surface area contributed by atoms with E-state index in [4.69, 9.17) is 4.42 Å². The van der Waals surface area contributed by atoms with Gasteiger partial charge in [0.1, 0.15) is 5.82 Å². The molecule has 5 nitrogen and oxygen atoms in total. The van der Waals surface area contributed by atoms with Gasteiger partial charge in [0.15, 0.2) is 0 Å². The number of carbonyl (C=O) groups is 1. The largest absolute Gasteiger partial charge is 0.403 e. The molecule has 1 N–H and O–H groups in total. The van der Waals surface area contributed by atoms with Crippen LogP contribution < -0.4 is 5.32 Å². The van der Waals surface area contributed by atoms with Gasteiger partial charge in [0.2, 0.25) is 11.8 Å². The molecule has 0 unspecified atom stereocenters. The van der Waals surface area contributed by atoms with Crippen molar-refractivity contribution in [2.45, 2.75) is 20.3 Å². The van der Waals surface area contributed by atoms with E-state index in [0.29, 0.717) is 5.56 Å². The topological polar surface area (TPSA) is 68.0 Å². The number of hydrogen-bond acceptors (Lipinski definition) is 4. The van der Waals surface area contributed by atoms with Crippen molar-refractivity contribution in [3.05, 3.63) is 65.0 Å². The molecule has 0 atom stereocenters. The molecule has 1 heterocycles. The van der Waals surface area contributed by atoms with Crippen LogP contribution in [-0.4, -0.2) is 16.1 Å². The van der Waals surface area contributed by atoms with E-state index in [-0.39, 0.29) is 24.2 Å². The van der Waals surface area contributed by atoms with Crippen LogP contribution in [0.25, 0.3) is 11.5 Å². The Kier molecular flexibility index (Phi) is 4.37. The standard InChI is InChI=1S/C18H16FN3O2/c1-11-6-7-12(2)14(8-11)10-16(23)20-18-22-21-17(24-18)13-4-3-5-15(19)9-13/h3-9H,10H2,1-2H3,(H,20,22,23). The van der Waals surface area contributed by atoms with Crippen LogP contribution >= 0.6 is 0 Å². The van der Waals surface area contributed by atoms with E-state index >= 15 is 0 Å². The summed E-state index contributed by atoms with van der Waals surface area (Å²) < 4.78 is 18.6. The quantitative estimate of drug-likeness (QED) is 0.794. The molecule has 2 aromatic carbocycles. The maximum atomic E-state index is 13.2. The predicted molar refractivity (Wildman–Crippen MR) is 87.9 cm³/mol. The maximum Gasteiger partial charge on any atom is 0.322 e. The number of anilines is 1. The summed E-state index contributed by atoms with van der Waals surface area (Å²) in [5.41, 5.74) is 3.53. The van der Waals surface area contributed by atoms with E-state index in [1.807, 2.05) is 32.0 Å². The molecule has 3 rings (SSSR count). The van der Waals surface area contributed by atoms with E-state index in [1.165, 1.54) is 12.1 Å². The first kappa shape index (κ1) is 15.9. The fourth-order valence-corrected chi connectivity index (χ4v) is 2.34. The molecule has 0 aliphatic carbocycles. The zero-order valence-electron chi connectivity index (χ0n) is 13.3. The highest BCUT2D eigenvalue weighted by atomic mass is 19.1. The minimum atomic E-state index is -0.397. The van der Waals surface area contributed by atoms with Crippen molar-refractivity contribution in [2.24, 2.45) is 0 Å². The van der Waals surface area contributed by atoms with E-state index in [1.54, 1.807) is 12.1 Å². The normalized spacial score (nSPS) is 10.6. The van der Waals surface area contributed by atoms with E-state index in [0.717, 1.165) is 16.7 Å². The number of benzene rings is 2. The molecule has 1 aromatic heterocycles. The van der Waals surface area contributed by atoms with Gasteiger partial charge in [0.25, 0.3) is 0 Å². The number of carbonyl (C=O) groups excluding carboxylic acids is 1. The van der Waals surface area contributed by atoms with Crippen molar-refractivity contribution < 1.29 is 13.6 Å². The second-order valence-electron chi connectivity index (χ2n) is 5.58. The van der Waals surface area contributed by atoms with Gasteiger partial charge in [-0.3, -0.25) is 10.1 Å². The van der Waals surface area contributed by atoms with Gasteiger partial charge in [-0.2, -0.15) is 0 Å². The summed E-state index contributed by atoms with van der Waals surface area (Å²) in [6, 6.07) is 11.8. The lowest BCUT2D eigenvalue weighted by Gasteiger charge is -2.06. The van der Waals surface area contributed by atoms with Gasteiger partial charge in [-0.1, -0.05) is 34.9 Å². The Labute approximate surface area is 138 Å². The Balaban J connectivity index is 1.70. The van der Waals surface area contributed by atoms with Crippen LogP contribution in [0.2, 0.25) is 0 Å². The van der Waals surface area contributed by atoms with Crippen molar-refractivity contribution in [1.29, 1.82) is 0 Å². The number of aromatic nitrogens is 2. The number of nitrogens with one attached hydrogen (secondary N) is 1. The highest BCUT2D eigenvalue weighted by Crippen LogP contribution is 2.20. The highest BCUT2D eigenvalue weighted by molar-refractivity contribution is 5.90. The summed E-state index contributed by atoms with van der Waals surface area (Å²) in [7, 11) is 0. The minimum Gasteiger partial charge on any atom is -0.403 e. The molecule has 6 heteroatoms. The van der Waals surface area contributed by atoms with E-state index in [9.17, 15) is 9.18 Å². The van der Waals surface area contributed by atoms with Crippen LogP contribution in [-0.2, 0) is 11.2 Å². The number of amides is 1. The fourth-order valence-electron chi connectivity index (χ4n) is 2.34. The van der Waals surface area contributed by atoms with Crippen molar-refractivity contribution >= 4 is 11.9 Å². The number of halogens is 1. The molecular weight excluding hydrogens is 309 g/mol. The van der Waals surface area contributed by atoms with Crippen molar-refractivity contribution in [3.8, 4) is 11.5 Å². The second-order valence-corrected chi connectivity index (χ2v) is 5.58. The Morgan fingerprint density at radius 2 is 2.00 bits per heavy atom. The summed E-state index contributed by atoms with van der Waals surface area (Å²) in [4.78, 5) is 12.1. The molecule has 24 heavy (non-hydrogen) atoms. The molecule has 0 fully saturated rings. The molecular formula is C18H16FN3O2. The Bertz CT molecular complexity index is 889. The Morgan fingerprint density at radius 3 is 2.79 bits per heavy atom. The molecule has 3 aromatic rings. The summed E-state index contributed by atoms with van der Waals surface area (Å²) in [6.07, 6.45) is 0.213. The second kappa shape index (κ2) is 6.62. The van der Waals surface area contributed by atoms with Crippen LogP contribution in [0.1, 0.15) is 16.7 Å². The summed E-state index contributed by atoms with van der Waals surface area (Å²) in [5.74, 6) is -0.499. The van der Waals surface area contributed by atoms with E-state index in [2.05, 4.69) is 15.5 Å².